The maximum absolute atomic E-state index is 11.7. The molecule has 0 aromatic heterocycles. The first-order valence-corrected chi connectivity index (χ1v) is 8.75. The molecule has 0 aliphatic carbocycles. The molecule has 0 saturated carbocycles. The van der Waals surface area contributed by atoms with Gasteiger partial charge in [0.05, 0.1) is 17.8 Å². The number of nitrogens with one attached hydrogen (secondary N) is 1. The number of carbonyl (C=O) groups excluding carboxylic acids is 1. The van der Waals surface area contributed by atoms with Gasteiger partial charge in [-0.15, -0.1) is 0 Å². The van der Waals surface area contributed by atoms with E-state index in [1.165, 1.54) is 0 Å². The number of nitrogens with zero attached hydrogens (tertiary/aromatic N) is 1. The normalized spacial score (nSPS) is 10.8. The van der Waals surface area contributed by atoms with E-state index >= 15 is 0 Å². The number of rotatable bonds is 7. The van der Waals surface area contributed by atoms with Gasteiger partial charge < -0.3 is 4.74 Å². The number of benzene rings is 2. The summed E-state index contributed by atoms with van der Waals surface area (Å²) in [4.78, 5) is 11.7. The molecule has 2 aromatic rings. The van der Waals surface area contributed by atoms with Crippen LogP contribution in [0.3, 0.4) is 0 Å². The second kappa shape index (κ2) is 9.67. The molecule has 0 aliphatic rings. The lowest BCUT2D eigenvalue weighted by molar-refractivity contribution is -0.121. The molecule has 0 saturated heterocycles. The quantitative estimate of drug-likeness (QED) is 0.379. The smallest absolute Gasteiger partial charge is 0.240 e. The minimum Gasteiger partial charge on any atom is -0.492 e. The summed E-state index contributed by atoms with van der Waals surface area (Å²) in [5.74, 6) is 0.379. The molecule has 0 spiro atoms. The molecule has 2 aromatic carbocycles. The number of hydrogen-bond acceptors (Lipinski definition) is 3. The fourth-order valence-electron chi connectivity index (χ4n) is 1.79. The van der Waals surface area contributed by atoms with Gasteiger partial charge in [0.15, 0.2) is 0 Å². The summed E-state index contributed by atoms with van der Waals surface area (Å²) in [5, 5.41) is 4.92. The number of hydrogen-bond donors (Lipinski definition) is 1. The zero-order valence-electron chi connectivity index (χ0n) is 12.6. The first-order chi connectivity index (χ1) is 11.5. The molecule has 0 aliphatic heterocycles. The fourth-order valence-corrected chi connectivity index (χ4v) is 2.52. The summed E-state index contributed by atoms with van der Waals surface area (Å²) in [6.07, 6.45) is 2.45. The Balaban J connectivity index is 1.67. The first-order valence-electron chi connectivity index (χ1n) is 7.20. The van der Waals surface area contributed by atoms with Crippen LogP contribution in [0.15, 0.2) is 52.0 Å². The second-order valence-corrected chi connectivity index (χ2v) is 6.63. The third kappa shape index (κ3) is 6.51. The minimum atomic E-state index is -0.172. The SMILES string of the molecule is O=C(CCCOc1ccc(Cl)cc1Cl)N/N=C\c1ccc(Br)cc1. The molecule has 0 atom stereocenters. The van der Waals surface area contributed by atoms with E-state index in [1.54, 1.807) is 24.4 Å². The van der Waals surface area contributed by atoms with Gasteiger partial charge in [-0.05, 0) is 42.3 Å². The highest BCUT2D eigenvalue weighted by Gasteiger charge is 2.04. The van der Waals surface area contributed by atoms with Gasteiger partial charge in [0.25, 0.3) is 0 Å². The van der Waals surface area contributed by atoms with Gasteiger partial charge >= 0.3 is 0 Å². The summed E-state index contributed by atoms with van der Waals surface area (Å²) < 4.78 is 6.50. The lowest BCUT2D eigenvalue weighted by atomic mass is 10.2. The summed E-state index contributed by atoms with van der Waals surface area (Å²) in [7, 11) is 0. The monoisotopic (exact) mass is 428 g/mol. The highest BCUT2D eigenvalue weighted by Crippen LogP contribution is 2.27. The summed E-state index contributed by atoms with van der Waals surface area (Å²) in [6.45, 7) is 0.380. The number of amides is 1. The predicted octanol–water partition coefficient (Wildman–Crippen LogP) is 5.07. The Morgan fingerprint density at radius 1 is 1.21 bits per heavy atom. The van der Waals surface area contributed by atoms with E-state index in [9.17, 15) is 4.79 Å². The third-order valence-corrected chi connectivity index (χ3v) is 4.03. The van der Waals surface area contributed by atoms with Crippen molar-refractivity contribution in [3.8, 4) is 5.75 Å². The molecule has 4 nitrogen and oxygen atoms in total. The van der Waals surface area contributed by atoms with E-state index in [0.717, 1.165) is 10.0 Å². The average Bonchev–Trinajstić information content (AvgIpc) is 2.55. The maximum Gasteiger partial charge on any atom is 0.240 e. The van der Waals surface area contributed by atoms with E-state index in [4.69, 9.17) is 27.9 Å². The molecular formula is C17H15BrCl2N2O2. The van der Waals surface area contributed by atoms with Crippen molar-refractivity contribution in [2.75, 3.05) is 6.61 Å². The van der Waals surface area contributed by atoms with Gasteiger partial charge in [0, 0.05) is 15.9 Å². The zero-order chi connectivity index (χ0) is 17.4. The Labute approximate surface area is 158 Å². The van der Waals surface area contributed by atoms with Crippen LogP contribution in [0.2, 0.25) is 10.0 Å². The molecule has 0 unspecified atom stereocenters. The van der Waals surface area contributed by atoms with E-state index in [0.29, 0.717) is 35.2 Å². The van der Waals surface area contributed by atoms with Crippen molar-refractivity contribution in [2.24, 2.45) is 5.10 Å². The second-order valence-electron chi connectivity index (χ2n) is 4.87. The molecule has 1 amide bonds. The van der Waals surface area contributed by atoms with Crippen LogP contribution >= 0.6 is 39.1 Å². The Hall–Kier alpha value is -1.56. The highest BCUT2D eigenvalue weighted by atomic mass is 79.9. The Bertz CT molecular complexity index is 721. The van der Waals surface area contributed by atoms with Crippen molar-refractivity contribution < 1.29 is 9.53 Å². The van der Waals surface area contributed by atoms with Crippen molar-refractivity contribution in [3.63, 3.8) is 0 Å². The summed E-state index contributed by atoms with van der Waals surface area (Å²) >= 11 is 15.2. The van der Waals surface area contributed by atoms with E-state index in [1.807, 2.05) is 24.3 Å². The van der Waals surface area contributed by atoms with Crippen LogP contribution in [0.4, 0.5) is 0 Å². The predicted molar refractivity (Wildman–Crippen MR) is 101 cm³/mol. The minimum absolute atomic E-state index is 0.172. The van der Waals surface area contributed by atoms with E-state index in [2.05, 4.69) is 26.5 Å². The number of ether oxygens (including phenoxy) is 1. The van der Waals surface area contributed by atoms with Crippen LogP contribution in [-0.2, 0) is 4.79 Å². The number of halogens is 3. The molecule has 0 fully saturated rings. The Kier molecular flexibility index (Phi) is 7.56. The van der Waals surface area contributed by atoms with E-state index < -0.39 is 0 Å². The van der Waals surface area contributed by atoms with Gasteiger partial charge in [-0.1, -0.05) is 51.3 Å². The largest absolute Gasteiger partial charge is 0.492 e. The number of carbonyl (C=O) groups is 1. The average molecular weight is 430 g/mol. The van der Waals surface area contributed by atoms with E-state index in [-0.39, 0.29) is 5.91 Å². The molecule has 126 valence electrons. The molecule has 24 heavy (non-hydrogen) atoms. The Morgan fingerprint density at radius 3 is 2.67 bits per heavy atom. The van der Waals surface area contributed by atoms with Crippen molar-refractivity contribution in [1.82, 2.24) is 5.43 Å². The van der Waals surface area contributed by atoms with Crippen LogP contribution in [0.1, 0.15) is 18.4 Å². The molecule has 0 bridgehead atoms. The van der Waals surface area contributed by atoms with Crippen LogP contribution in [0, 0.1) is 0 Å². The van der Waals surface area contributed by atoms with Gasteiger partial charge in [0.1, 0.15) is 5.75 Å². The fraction of sp³-hybridized carbons (Fsp3) is 0.176. The lowest BCUT2D eigenvalue weighted by Gasteiger charge is -2.07. The Morgan fingerprint density at radius 2 is 1.96 bits per heavy atom. The zero-order valence-corrected chi connectivity index (χ0v) is 15.7. The molecular weight excluding hydrogens is 415 g/mol. The van der Waals surface area contributed by atoms with Crippen molar-refractivity contribution >= 4 is 51.3 Å². The van der Waals surface area contributed by atoms with Crippen LogP contribution in [0.25, 0.3) is 0 Å². The molecule has 7 heteroatoms. The molecule has 0 heterocycles. The highest BCUT2D eigenvalue weighted by molar-refractivity contribution is 9.10. The van der Waals surface area contributed by atoms with Crippen molar-refractivity contribution in [1.29, 1.82) is 0 Å². The topological polar surface area (TPSA) is 50.7 Å². The number of hydrazone groups is 1. The van der Waals surface area contributed by atoms with Gasteiger partial charge in [0.2, 0.25) is 5.91 Å². The maximum atomic E-state index is 11.7. The van der Waals surface area contributed by atoms with Crippen LogP contribution < -0.4 is 10.2 Å². The lowest BCUT2D eigenvalue weighted by Crippen LogP contribution is -2.18. The summed E-state index contributed by atoms with van der Waals surface area (Å²) in [6, 6.07) is 12.6. The van der Waals surface area contributed by atoms with Crippen LogP contribution in [0.5, 0.6) is 5.75 Å². The first kappa shape index (κ1) is 18.8. The molecule has 0 radical (unpaired) electrons. The molecule has 1 N–H and O–H groups in total. The van der Waals surface area contributed by atoms with Crippen LogP contribution in [-0.4, -0.2) is 18.7 Å². The third-order valence-electron chi connectivity index (χ3n) is 2.97. The standard InChI is InChI=1S/C17H15BrCl2N2O2/c18-13-5-3-12(4-6-13)11-21-22-17(23)2-1-9-24-16-8-7-14(19)10-15(16)20/h3-8,10-11H,1-2,9H2,(H,22,23)/b21-11-. The van der Waals surface area contributed by atoms with Crippen molar-refractivity contribution in [2.45, 2.75) is 12.8 Å². The van der Waals surface area contributed by atoms with Crippen molar-refractivity contribution in [3.05, 3.63) is 62.5 Å². The molecule has 2 rings (SSSR count). The van der Waals surface area contributed by atoms with Gasteiger partial charge in [-0.2, -0.15) is 5.10 Å². The van der Waals surface area contributed by atoms with Gasteiger partial charge in [-0.3, -0.25) is 4.79 Å². The summed E-state index contributed by atoms with van der Waals surface area (Å²) in [5.41, 5.74) is 3.39. The van der Waals surface area contributed by atoms with Gasteiger partial charge in [-0.25, -0.2) is 5.43 Å².